The molecule has 1 rings (SSSR count). The SMILES string of the molecule is CNC(C#N)CSc1cc(Cl)ccc1Cl. The molecule has 1 N–H and O–H groups in total. The highest BCUT2D eigenvalue weighted by molar-refractivity contribution is 7.99. The smallest absolute Gasteiger partial charge is 0.104 e. The van der Waals surface area contributed by atoms with Gasteiger partial charge < -0.3 is 5.32 Å². The molecule has 0 amide bonds. The Balaban J connectivity index is 2.65. The second-order valence-electron chi connectivity index (χ2n) is 2.86. The van der Waals surface area contributed by atoms with Crippen LogP contribution in [0.1, 0.15) is 0 Å². The fourth-order valence-corrected chi connectivity index (χ4v) is 2.47. The molecule has 2 nitrogen and oxygen atoms in total. The van der Waals surface area contributed by atoms with Crippen molar-refractivity contribution in [1.82, 2.24) is 5.32 Å². The lowest BCUT2D eigenvalue weighted by Crippen LogP contribution is -2.25. The van der Waals surface area contributed by atoms with Crippen LogP contribution in [-0.2, 0) is 0 Å². The van der Waals surface area contributed by atoms with Crippen molar-refractivity contribution in [3.63, 3.8) is 0 Å². The van der Waals surface area contributed by atoms with Crippen molar-refractivity contribution in [2.45, 2.75) is 10.9 Å². The fourth-order valence-electron chi connectivity index (χ4n) is 0.946. The summed E-state index contributed by atoms with van der Waals surface area (Å²) in [6.45, 7) is 0. The summed E-state index contributed by atoms with van der Waals surface area (Å²) in [7, 11) is 1.76. The maximum Gasteiger partial charge on any atom is 0.104 e. The Morgan fingerprint density at radius 3 is 2.87 bits per heavy atom. The minimum atomic E-state index is -0.176. The van der Waals surface area contributed by atoms with Gasteiger partial charge in [-0.3, -0.25) is 0 Å². The Morgan fingerprint density at radius 2 is 2.27 bits per heavy atom. The highest BCUT2D eigenvalue weighted by Gasteiger charge is 2.07. The summed E-state index contributed by atoms with van der Waals surface area (Å²) in [4.78, 5) is 0.902. The zero-order chi connectivity index (χ0) is 11.3. The van der Waals surface area contributed by atoms with E-state index in [0.717, 1.165) is 4.90 Å². The predicted octanol–water partition coefficient (Wildman–Crippen LogP) is 3.20. The Morgan fingerprint density at radius 1 is 1.53 bits per heavy atom. The van der Waals surface area contributed by atoms with E-state index in [1.54, 1.807) is 25.2 Å². The molecule has 0 aliphatic carbocycles. The average molecular weight is 261 g/mol. The van der Waals surface area contributed by atoms with Crippen LogP contribution in [0.15, 0.2) is 23.1 Å². The number of hydrogen-bond acceptors (Lipinski definition) is 3. The molecule has 80 valence electrons. The van der Waals surface area contributed by atoms with Crippen LogP contribution in [0.3, 0.4) is 0 Å². The first-order chi connectivity index (χ1) is 7.17. The number of benzene rings is 1. The number of nitrogens with zero attached hydrogens (tertiary/aromatic N) is 1. The first kappa shape index (κ1) is 12.7. The van der Waals surface area contributed by atoms with Crippen LogP contribution in [0.5, 0.6) is 0 Å². The standard InChI is InChI=1S/C10H10Cl2N2S/c1-14-8(5-13)6-15-10-4-7(11)2-3-9(10)12/h2-4,8,14H,6H2,1H3. The van der Waals surface area contributed by atoms with Crippen LogP contribution in [0.2, 0.25) is 10.0 Å². The Hall–Kier alpha value is -0.400. The summed E-state index contributed by atoms with van der Waals surface area (Å²) in [5, 5.41) is 13.0. The summed E-state index contributed by atoms with van der Waals surface area (Å²) in [5.41, 5.74) is 0. The number of rotatable bonds is 4. The molecule has 0 saturated carbocycles. The molecular weight excluding hydrogens is 251 g/mol. The second kappa shape index (κ2) is 6.24. The van der Waals surface area contributed by atoms with Gasteiger partial charge >= 0.3 is 0 Å². The van der Waals surface area contributed by atoms with Gasteiger partial charge in [0.25, 0.3) is 0 Å². The predicted molar refractivity (Wildman–Crippen MR) is 65.6 cm³/mol. The van der Waals surface area contributed by atoms with Crippen LogP contribution < -0.4 is 5.32 Å². The lowest BCUT2D eigenvalue weighted by molar-refractivity contribution is 0.750. The van der Waals surface area contributed by atoms with E-state index in [0.29, 0.717) is 15.8 Å². The van der Waals surface area contributed by atoms with Gasteiger partial charge in [0.15, 0.2) is 0 Å². The molecule has 1 unspecified atom stereocenters. The molecule has 0 saturated heterocycles. The van der Waals surface area contributed by atoms with Gasteiger partial charge in [0.2, 0.25) is 0 Å². The third-order valence-electron chi connectivity index (χ3n) is 1.80. The summed E-state index contributed by atoms with van der Waals surface area (Å²) in [6, 6.07) is 7.28. The van der Waals surface area contributed by atoms with Gasteiger partial charge in [0.1, 0.15) is 6.04 Å². The van der Waals surface area contributed by atoms with Gasteiger partial charge in [-0.05, 0) is 25.2 Å². The fraction of sp³-hybridized carbons (Fsp3) is 0.300. The molecule has 15 heavy (non-hydrogen) atoms. The number of nitriles is 1. The summed E-state index contributed by atoms with van der Waals surface area (Å²) in [6.07, 6.45) is 0. The van der Waals surface area contributed by atoms with Crippen molar-refractivity contribution < 1.29 is 0 Å². The third-order valence-corrected chi connectivity index (χ3v) is 3.63. The van der Waals surface area contributed by atoms with E-state index in [9.17, 15) is 0 Å². The largest absolute Gasteiger partial charge is 0.304 e. The molecule has 0 fully saturated rings. The van der Waals surface area contributed by atoms with Crippen LogP contribution in [-0.4, -0.2) is 18.8 Å². The van der Waals surface area contributed by atoms with Crippen molar-refractivity contribution in [2.24, 2.45) is 0 Å². The van der Waals surface area contributed by atoms with Crippen LogP contribution >= 0.6 is 35.0 Å². The maximum absolute atomic E-state index is 8.74. The minimum Gasteiger partial charge on any atom is -0.304 e. The molecule has 0 aliphatic heterocycles. The van der Waals surface area contributed by atoms with Crippen LogP contribution in [0.25, 0.3) is 0 Å². The van der Waals surface area contributed by atoms with Gasteiger partial charge in [-0.2, -0.15) is 5.26 Å². The van der Waals surface area contributed by atoms with Crippen molar-refractivity contribution >= 4 is 35.0 Å². The lowest BCUT2D eigenvalue weighted by Gasteiger charge is -2.08. The van der Waals surface area contributed by atoms with E-state index < -0.39 is 0 Å². The van der Waals surface area contributed by atoms with Crippen LogP contribution in [0, 0.1) is 11.3 Å². The first-order valence-electron chi connectivity index (χ1n) is 4.32. The van der Waals surface area contributed by atoms with E-state index in [2.05, 4.69) is 11.4 Å². The summed E-state index contributed by atoms with van der Waals surface area (Å²) in [5.74, 6) is 0.646. The van der Waals surface area contributed by atoms with Gasteiger partial charge in [0.05, 0.1) is 11.1 Å². The quantitative estimate of drug-likeness (QED) is 0.845. The monoisotopic (exact) mass is 260 g/mol. The topological polar surface area (TPSA) is 35.8 Å². The number of halogens is 2. The molecule has 1 aromatic carbocycles. The minimum absolute atomic E-state index is 0.176. The van der Waals surface area contributed by atoms with E-state index in [-0.39, 0.29) is 6.04 Å². The Labute approximate surface area is 104 Å². The van der Waals surface area contributed by atoms with Crippen molar-refractivity contribution in [3.05, 3.63) is 28.2 Å². The van der Waals surface area contributed by atoms with E-state index in [1.807, 2.05) is 0 Å². The molecule has 1 atom stereocenters. The highest BCUT2D eigenvalue weighted by Crippen LogP contribution is 2.30. The van der Waals surface area contributed by atoms with Gasteiger partial charge in [-0.25, -0.2) is 0 Å². The molecule has 0 radical (unpaired) electrons. The first-order valence-corrected chi connectivity index (χ1v) is 6.06. The molecular formula is C10H10Cl2N2S. The normalized spacial score (nSPS) is 12.1. The Kier molecular flexibility index (Phi) is 5.27. The molecule has 0 aromatic heterocycles. The molecule has 5 heteroatoms. The number of nitrogens with one attached hydrogen (secondary N) is 1. The zero-order valence-corrected chi connectivity index (χ0v) is 10.5. The zero-order valence-electron chi connectivity index (χ0n) is 8.13. The van der Waals surface area contributed by atoms with Crippen molar-refractivity contribution in [3.8, 4) is 6.07 Å². The Bertz CT molecular complexity index is 376. The van der Waals surface area contributed by atoms with Gasteiger partial charge in [-0.1, -0.05) is 23.2 Å². The lowest BCUT2D eigenvalue weighted by atomic mass is 10.4. The maximum atomic E-state index is 8.74. The molecule has 0 heterocycles. The summed E-state index contributed by atoms with van der Waals surface area (Å²) >= 11 is 13.3. The average Bonchev–Trinajstić information content (AvgIpc) is 2.24. The molecule has 0 spiro atoms. The van der Waals surface area contributed by atoms with Crippen molar-refractivity contribution in [2.75, 3.05) is 12.8 Å². The molecule has 0 aliphatic rings. The third kappa shape index (κ3) is 3.92. The summed E-state index contributed by atoms with van der Waals surface area (Å²) < 4.78 is 0. The van der Waals surface area contributed by atoms with Crippen molar-refractivity contribution in [1.29, 1.82) is 5.26 Å². The van der Waals surface area contributed by atoms with Gasteiger partial charge in [0, 0.05) is 15.7 Å². The molecule has 1 aromatic rings. The van der Waals surface area contributed by atoms with Crippen LogP contribution in [0.4, 0.5) is 0 Å². The van der Waals surface area contributed by atoms with E-state index >= 15 is 0 Å². The van der Waals surface area contributed by atoms with E-state index in [1.165, 1.54) is 11.8 Å². The number of thioether (sulfide) groups is 1. The highest BCUT2D eigenvalue weighted by atomic mass is 35.5. The second-order valence-corrected chi connectivity index (χ2v) is 4.76. The van der Waals surface area contributed by atoms with E-state index in [4.69, 9.17) is 28.5 Å². The molecule has 0 bridgehead atoms. The number of hydrogen-bond donors (Lipinski definition) is 1. The van der Waals surface area contributed by atoms with Gasteiger partial charge in [-0.15, -0.1) is 11.8 Å².